The van der Waals surface area contributed by atoms with E-state index in [1.165, 1.54) is 16.4 Å². The third-order valence-corrected chi connectivity index (χ3v) is 3.90. The number of aromatic nitrogens is 2. The Kier molecular flexibility index (Phi) is 5.57. The Balaban J connectivity index is 1.87. The summed E-state index contributed by atoms with van der Waals surface area (Å²) in [6, 6.07) is 10.4. The van der Waals surface area contributed by atoms with Gasteiger partial charge in [0.05, 0.1) is 5.69 Å². The van der Waals surface area contributed by atoms with Gasteiger partial charge in [0.2, 0.25) is 0 Å². The molecule has 2 aromatic rings. The van der Waals surface area contributed by atoms with Crippen molar-refractivity contribution in [2.24, 2.45) is 0 Å². The molecular formula is C18H24N4O. The Morgan fingerprint density at radius 1 is 1.43 bits per heavy atom. The van der Waals surface area contributed by atoms with E-state index < -0.39 is 0 Å². The summed E-state index contributed by atoms with van der Waals surface area (Å²) >= 11 is 0. The van der Waals surface area contributed by atoms with Crippen molar-refractivity contribution in [1.82, 2.24) is 15.1 Å². The zero-order valence-corrected chi connectivity index (χ0v) is 13.7. The molecule has 1 amide bonds. The van der Waals surface area contributed by atoms with Gasteiger partial charge in [0.15, 0.2) is 5.82 Å². The fraction of sp³-hybridized carbons (Fsp3) is 0.333. The van der Waals surface area contributed by atoms with Gasteiger partial charge >= 0.3 is 0 Å². The molecule has 1 atom stereocenters. The Hall–Kier alpha value is -2.56. The molecular weight excluding hydrogens is 288 g/mol. The summed E-state index contributed by atoms with van der Waals surface area (Å²) in [7, 11) is 0. The minimum atomic E-state index is -0.180. The summed E-state index contributed by atoms with van der Waals surface area (Å²) in [6.07, 6.45) is 4.48. The van der Waals surface area contributed by atoms with Crippen LogP contribution in [-0.2, 0) is 6.42 Å². The van der Waals surface area contributed by atoms with E-state index in [-0.39, 0.29) is 17.8 Å². The molecule has 5 heteroatoms. The van der Waals surface area contributed by atoms with Gasteiger partial charge in [0.25, 0.3) is 5.91 Å². The summed E-state index contributed by atoms with van der Waals surface area (Å²) in [5.74, 6) is 0.0525. The van der Waals surface area contributed by atoms with E-state index >= 15 is 0 Å². The van der Waals surface area contributed by atoms with E-state index in [1.54, 1.807) is 6.92 Å². The number of amides is 1. The van der Waals surface area contributed by atoms with Crippen LogP contribution in [0.4, 0.5) is 5.82 Å². The van der Waals surface area contributed by atoms with Gasteiger partial charge in [0.1, 0.15) is 5.56 Å². The second-order valence-electron chi connectivity index (χ2n) is 5.73. The zero-order chi connectivity index (χ0) is 16.8. The monoisotopic (exact) mass is 312 g/mol. The first-order valence-corrected chi connectivity index (χ1v) is 7.84. The Bertz CT molecular complexity index is 676. The summed E-state index contributed by atoms with van der Waals surface area (Å²) in [5, 5.41) is 7.07. The molecule has 2 rings (SSSR count). The predicted molar refractivity (Wildman–Crippen MR) is 94.1 cm³/mol. The molecule has 1 aromatic carbocycles. The van der Waals surface area contributed by atoms with Crippen LogP contribution in [0.3, 0.4) is 0 Å². The zero-order valence-electron chi connectivity index (χ0n) is 13.7. The molecule has 5 nitrogen and oxygen atoms in total. The SMILES string of the molecule is C=Cn1nc(N)c(C(=O)NC(C)CCCc2ccccc2)c1C. The van der Waals surface area contributed by atoms with Gasteiger partial charge in [-0.15, -0.1) is 0 Å². The van der Waals surface area contributed by atoms with E-state index in [2.05, 4.69) is 29.1 Å². The fourth-order valence-corrected chi connectivity index (χ4v) is 2.62. The third-order valence-electron chi connectivity index (χ3n) is 3.90. The number of nitrogens with one attached hydrogen (secondary N) is 1. The molecule has 0 aliphatic rings. The molecule has 1 aromatic heterocycles. The highest BCUT2D eigenvalue weighted by atomic mass is 16.1. The quantitative estimate of drug-likeness (QED) is 0.825. The van der Waals surface area contributed by atoms with E-state index in [9.17, 15) is 4.79 Å². The molecule has 122 valence electrons. The molecule has 0 radical (unpaired) electrons. The fourth-order valence-electron chi connectivity index (χ4n) is 2.62. The lowest BCUT2D eigenvalue weighted by Crippen LogP contribution is -2.33. The average Bonchev–Trinajstić information content (AvgIpc) is 2.82. The van der Waals surface area contributed by atoms with Gasteiger partial charge in [0, 0.05) is 12.2 Å². The maximum Gasteiger partial charge on any atom is 0.257 e. The van der Waals surface area contributed by atoms with Crippen LogP contribution in [0.5, 0.6) is 0 Å². The number of benzene rings is 1. The maximum atomic E-state index is 12.4. The lowest BCUT2D eigenvalue weighted by molar-refractivity contribution is 0.0938. The van der Waals surface area contributed by atoms with Crippen molar-refractivity contribution in [2.45, 2.75) is 39.2 Å². The number of nitrogens with two attached hydrogens (primary N) is 1. The molecule has 23 heavy (non-hydrogen) atoms. The van der Waals surface area contributed by atoms with Gasteiger partial charge < -0.3 is 11.1 Å². The van der Waals surface area contributed by atoms with Gasteiger partial charge in [-0.25, -0.2) is 4.68 Å². The largest absolute Gasteiger partial charge is 0.382 e. The number of rotatable bonds is 7. The molecule has 0 spiro atoms. The van der Waals surface area contributed by atoms with Crippen molar-refractivity contribution in [1.29, 1.82) is 0 Å². The predicted octanol–water partition coefficient (Wildman–Crippen LogP) is 3.02. The van der Waals surface area contributed by atoms with Crippen LogP contribution < -0.4 is 11.1 Å². The minimum absolute atomic E-state index is 0.0806. The van der Waals surface area contributed by atoms with Crippen molar-refractivity contribution in [3.63, 3.8) is 0 Å². The van der Waals surface area contributed by atoms with E-state index in [4.69, 9.17) is 5.73 Å². The van der Waals surface area contributed by atoms with Crippen LogP contribution in [0.15, 0.2) is 36.9 Å². The number of anilines is 1. The first-order valence-electron chi connectivity index (χ1n) is 7.84. The van der Waals surface area contributed by atoms with Crippen molar-refractivity contribution in [2.75, 3.05) is 5.73 Å². The van der Waals surface area contributed by atoms with Crippen LogP contribution in [0.2, 0.25) is 0 Å². The van der Waals surface area contributed by atoms with Crippen molar-refractivity contribution in [3.05, 3.63) is 53.7 Å². The smallest absolute Gasteiger partial charge is 0.257 e. The molecule has 0 aliphatic carbocycles. The Labute approximate surface area is 137 Å². The van der Waals surface area contributed by atoms with E-state index in [0.29, 0.717) is 11.3 Å². The standard InChI is InChI=1S/C18H24N4O/c1-4-22-14(3)16(17(19)21-22)18(23)20-13(2)9-8-12-15-10-6-5-7-11-15/h4-7,10-11,13H,1,8-9,12H2,2-3H3,(H2,19,21)(H,20,23). The second kappa shape index (κ2) is 7.63. The van der Waals surface area contributed by atoms with Gasteiger partial charge in [-0.1, -0.05) is 36.9 Å². The molecule has 3 N–H and O–H groups in total. The Morgan fingerprint density at radius 3 is 2.74 bits per heavy atom. The third kappa shape index (κ3) is 4.22. The molecule has 0 bridgehead atoms. The van der Waals surface area contributed by atoms with E-state index in [0.717, 1.165) is 19.3 Å². The normalized spacial score (nSPS) is 11.9. The first-order chi connectivity index (χ1) is 11.0. The average molecular weight is 312 g/mol. The summed E-state index contributed by atoms with van der Waals surface area (Å²) in [6.45, 7) is 7.46. The first kappa shape index (κ1) is 16.8. The highest BCUT2D eigenvalue weighted by molar-refractivity contribution is 5.99. The highest BCUT2D eigenvalue weighted by Crippen LogP contribution is 2.16. The van der Waals surface area contributed by atoms with Gasteiger partial charge in [-0.3, -0.25) is 4.79 Å². The van der Waals surface area contributed by atoms with Crippen LogP contribution in [0, 0.1) is 6.92 Å². The van der Waals surface area contributed by atoms with Crippen LogP contribution >= 0.6 is 0 Å². The van der Waals surface area contributed by atoms with Gasteiger partial charge in [-0.05, 0) is 38.7 Å². The number of nitrogens with zero attached hydrogens (tertiary/aromatic N) is 2. The number of hydrogen-bond donors (Lipinski definition) is 2. The van der Waals surface area contributed by atoms with Crippen molar-refractivity contribution < 1.29 is 4.79 Å². The lowest BCUT2D eigenvalue weighted by atomic mass is 10.1. The van der Waals surface area contributed by atoms with Gasteiger partial charge in [-0.2, -0.15) is 5.10 Å². The maximum absolute atomic E-state index is 12.4. The van der Waals surface area contributed by atoms with Crippen molar-refractivity contribution >= 4 is 17.9 Å². The number of hydrogen-bond acceptors (Lipinski definition) is 3. The lowest BCUT2D eigenvalue weighted by Gasteiger charge is -2.14. The minimum Gasteiger partial charge on any atom is -0.382 e. The number of aryl methyl sites for hydroxylation is 1. The molecule has 0 aliphatic heterocycles. The topological polar surface area (TPSA) is 72.9 Å². The number of carbonyl (C=O) groups is 1. The molecule has 0 fully saturated rings. The summed E-state index contributed by atoms with van der Waals surface area (Å²) in [4.78, 5) is 12.4. The summed E-state index contributed by atoms with van der Waals surface area (Å²) in [5.41, 5.74) is 8.28. The summed E-state index contributed by atoms with van der Waals surface area (Å²) < 4.78 is 1.52. The van der Waals surface area contributed by atoms with E-state index in [1.807, 2.05) is 25.1 Å². The Morgan fingerprint density at radius 2 is 2.13 bits per heavy atom. The highest BCUT2D eigenvalue weighted by Gasteiger charge is 2.19. The van der Waals surface area contributed by atoms with Crippen molar-refractivity contribution in [3.8, 4) is 0 Å². The van der Waals surface area contributed by atoms with Crippen LogP contribution in [0.1, 0.15) is 41.4 Å². The molecule has 1 unspecified atom stereocenters. The molecule has 1 heterocycles. The number of nitrogen functional groups attached to an aromatic ring is 1. The molecule has 0 saturated heterocycles. The van der Waals surface area contributed by atoms with Crippen LogP contribution in [-0.4, -0.2) is 21.7 Å². The van der Waals surface area contributed by atoms with Crippen LogP contribution in [0.25, 0.3) is 6.20 Å². The second-order valence-corrected chi connectivity index (χ2v) is 5.73. The molecule has 0 saturated carbocycles. The number of carbonyl (C=O) groups excluding carboxylic acids is 1.